The number of hydrogen-bond donors (Lipinski definition) is 1. The number of ether oxygens (including phenoxy) is 1. The standard InChI is InChI=1S/C19H15ClN4O2S2/c1-24-16(5-6-21-24)15-11-28-19(22-15)23-18(25)17-7-12(10-27-17)9-26-14-4-2-3-13(20)8-14/h2-8,10-11H,9H2,1H3,(H,22,23,25). The van der Waals surface area contributed by atoms with Gasteiger partial charge in [0.15, 0.2) is 5.13 Å². The molecule has 3 aromatic heterocycles. The number of halogens is 1. The number of rotatable bonds is 6. The maximum atomic E-state index is 12.5. The van der Waals surface area contributed by atoms with Gasteiger partial charge in [-0.2, -0.15) is 5.10 Å². The molecular formula is C19H15ClN4O2S2. The highest BCUT2D eigenvalue weighted by Gasteiger charge is 2.13. The van der Waals surface area contributed by atoms with E-state index in [0.29, 0.717) is 27.4 Å². The number of amides is 1. The van der Waals surface area contributed by atoms with Crippen molar-refractivity contribution in [3.63, 3.8) is 0 Å². The Labute approximate surface area is 174 Å². The van der Waals surface area contributed by atoms with E-state index in [0.717, 1.165) is 17.0 Å². The van der Waals surface area contributed by atoms with Crippen LogP contribution in [-0.4, -0.2) is 20.7 Å². The summed E-state index contributed by atoms with van der Waals surface area (Å²) < 4.78 is 7.45. The zero-order valence-electron chi connectivity index (χ0n) is 14.8. The van der Waals surface area contributed by atoms with Gasteiger partial charge in [0.05, 0.1) is 10.6 Å². The van der Waals surface area contributed by atoms with Crippen LogP contribution >= 0.6 is 34.3 Å². The number of thiophene rings is 1. The Bertz CT molecular complexity index is 1120. The molecule has 3 heterocycles. The topological polar surface area (TPSA) is 69.0 Å². The first kappa shape index (κ1) is 18.7. The second-order valence-electron chi connectivity index (χ2n) is 5.90. The van der Waals surface area contributed by atoms with Gasteiger partial charge in [0.2, 0.25) is 0 Å². The number of aromatic nitrogens is 3. The molecule has 9 heteroatoms. The molecule has 6 nitrogen and oxygen atoms in total. The molecular weight excluding hydrogens is 416 g/mol. The predicted octanol–water partition coefficient (Wildman–Crippen LogP) is 5.09. The van der Waals surface area contributed by atoms with Crippen molar-refractivity contribution < 1.29 is 9.53 Å². The number of thiazole rings is 1. The normalized spacial score (nSPS) is 10.8. The van der Waals surface area contributed by atoms with Crippen LogP contribution in [0.5, 0.6) is 5.75 Å². The van der Waals surface area contributed by atoms with Gasteiger partial charge < -0.3 is 4.74 Å². The zero-order valence-corrected chi connectivity index (χ0v) is 17.1. The molecule has 0 aliphatic carbocycles. The van der Waals surface area contributed by atoms with Gasteiger partial charge in [-0.3, -0.25) is 14.8 Å². The molecule has 1 N–H and O–H groups in total. The van der Waals surface area contributed by atoms with E-state index < -0.39 is 0 Å². The summed E-state index contributed by atoms with van der Waals surface area (Å²) in [5.74, 6) is 0.500. The number of benzene rings is 1. The van der Waals surface area contributed by atoms with E-state index in [4.69, 9.17) is 16.3 Å². The quantitative estimate of drug-likeness (QED) is 0.462. The zero-order chi connectivity index (χ0) is 19.5. The molecule has 0 spiro atoms. The fraction of sp³-hybridized carbons (Fsp3) is 0.105. The first-order valence-corrected chi connectivity index (χ1v) is 10.4. The van der Waals surface area contributed by atoms with Gasteiger partial charge in [-0.25, -0.2) is 4.98 Å². The molecule has 4 aromatic rings. The highest BCUT2D eigenvalue weighted by atomic mass is 35.5. The summed E-state index contributed by atoms with van der Waals surface area (Å²) in [6.07, 6.45) is 1.71. The van der Waals surface area contributed by atoms with E-state index in [9.17, 15) is 4.79 Å². The third kappa shape index (κ3) is 4.24. The molecule has 0 aliphatic rings. The number of hydrogen-bond acceptors (Lipinski definition) is 6. The van der Waals surface area contributed by atoms with Crippen molar-refractivity contribution in [1.82, 2.24) is 14.8 Å². The van der Waals surface area contributed by atoms with Crippen LogP contribution in [0, 0.1) is 0 Å². The fourth-order valence-corrected chi connectivity index (χ4v) is 4.20. The summed E-state index contributed by atoms with van der Waals surface area (Å²) in [5.41, 5.74) is 2.60. The predicted molar refractivity (Wildman–Crippen MR) is 112 cm³/mol. The summed E-state index contributed by atoms with van der Waals surface area (Å²) in [7, 11) is 1.85. The summed E-state index contributed by atoms with van der Waals surface area (Å²) >= 11 is 8.70. The molecule has 142 valence electrons. The molecule has 0 saturated carbocycles. The van der Waals surface area contributed by atoms with Crippen LogP contribution in [0.25, 0.3) is 11.4 Å². The molecule has 1 amide bonds. The van der Waals surface area contributed by atoms with E-state index in [1.807, 2.05) is 42.1 Å². The van der Waals surface area contributed by atoms with Crippen LogP contribution in [0.4, 0.5) is 5.13 Å². The van der Waals surface area contributed by atoms with Crippen molar-refractivity contribution in [3.8, 4) is 17.1 Å². The Kier molecular flexibility index (Phi) is 5.43. The van der Waals surface area contributed by atoms with Crippen LogP contribution < -0.4 is 10.1 Å². The van der Waals surface area contributed by atoms with Crippen LogP contribution in [0.2, 0.25) is 5.02 Å². The maximum Gasteiger partial charge on any atom is 0.267 e. The Morgan fingerprint density at radius 2 is 2.14 bits per heavy atom. The summed E-state index contributed by atoms with van der Waals surface area (Å²) in [4.78, 5) is 17.6. The summed E-state index contributed by atoms with van der Waals surface area (Å²) in [6, 6.07) is 10.9. The van der Waals surface area contributed by atoms with E-state index in [1.165, 1.54) is 22.7 Å². The van der Waals surface area contributed by atoms with E-state index in [2.05, 4.69) is 15.4 Å². The lowest BCUT2D eigenvalue weighted by molar-refractivity contribution is 0.103. The van der Waals surface area contributed by atoms with Gasteiger partial charge >= 0.3 is 0 Å². The number of nitrogens with one attached hydrogen (secondary N) is 1. The molecule has 0 bridgehead atoms. The third-order valence-electron chi connectivity index (χ3n) is 3.89. The van der Waals surface area contributed by atoms with Gasteiger partial charge in [0, 0.05) is 29.2 Å². The van der Waals surface area contributed by atoms with Crippen LogP contribution in [-0.2, 0) is 13.7 Å². The second-order valence-corrected chi connectivity index (χ2v) is 8.10. The lowest BCUT2D eigenvalue weighted by Crippen LogP contribution is -2.10. The Morgan fingerprint density at radius 1 is 1.25 bits per heavy atom. The van der Waals surface area contributed by atoms with Crippen molar-refractivity contribution in [1.29, 1.82) is 0 Å². The maximum absolute atomic E-state index is 12.5. The van der Waals surface area contributed by atoms with Crippen molar-refractivity contribution in [2.75, 3.05) is 5.32 Å². The van der Waals surface area contributed by atoms with Gasteiger partial charge in [0.25, 0.3) is 5.91 Å². The molecule has 0 fully saturated rings. The smallest absolute Gasteiger partial charge is 0.267 e. The Hall–Kier alpha value is -2.68. The molecule has 0 atom stereocenters. The largest absolute Gasteiger partial charge is 0.489 e. The summed E-state index contributed by atoms with van der Waals surface area (Å²) in [6.45, 7) is 0.367. The van der Waals surface area contributed by atoms with Gasteiger partial charge in [0.1, 0.15) is 18.1 Å². The first-order valence-electron chi connectivity index (χ1n) is 8.29. The van der Waals surface area contributed by atoms with Crippen LogP contribution in [0.1, 0.15) is 15.2 Å². The lowest BCUT2D eigenvalue weighted by atomic mass is 10.3. The van der Waals surface area contributed by atoms with Gasteiger partial charge in [-0.05, 0) is 35.7 Å². The molecule has 0 aliphatic heterocycles. The van der Waals surface area contributed by atoms with Crippen LogP contribution in [0.15, 0.2) is 53.4 Å². The van der Waals surface area contributed by atoms with Crippen molar-refractivity contribution in [3.05, 3.63) is 68.8 Å². The van der Waals surface area contributed by atoms with E-state index >= 15 is 0 Å². The average molecular weight is 431 g/mol. The van der Waals surface area contributed by atoms with Crippen molar-refractivity contribution in [2.45, 2.75) is 6.61 Å². The highest BCUT2D eigenvalue weighted by molar-refractivity contribution is 7.14. The second kappa shape index (κ2) is 8.14. The molecule has 0 radical (unpaired) electrons. The minimum atomic E-state index is -0.190. The third-order valence-corrected chi connectivity index (χ3v) is 5.86. The molecule has 28 heavy (non-hydrogen) atoms. The first-order chi connectivity index (χ1) is 13.6. The van der Waals surface area contributed by atoms with Gasteiger partial charge in [-0.15, -0.1) is 22.7 Å². The number of aryl methyl sites for hydroxylation is 1. The Balaban J connectivity index is 1.38. The molecule has 1 aromatic carbocycles. The molecule has 0 saturated heterocycles. The molecule has 0 unspecified atom stereocenters. The van der Waals surface area contributed by atoms with E-state index in [1.54, 1.807) is 23.0 Å². The summed E-state index contributed by atoms with van der Waals surface area (Å²) in [5, 5.41) is 11.9. The highest BCUT2D eigenvalue weighted by Crippen LogP contribution is 2.26. The van der Waals surface area contributed by atoms with E-state index in [-0.39, 0.29) is 5.91 Å². The average Bonchev–Trinajstić information content (AvgIpc) is 3.41. The molecule has 4 rings (SSSR count). The lowest BCUT2D eigenvalue weighted by Gasteiger charge is -2.04. The number of anilines is 1. The van der Waals surface area contributed by atoms with Gasteiger partial charge in [-0.1, -0.05) is 17.7 Å². The number of carbonyl (C=O) groups excluding carboxylic acids is 1. The Morgan fingerprint density at radius 3 is 2.93 bits per heavy atom. The minimum absolute atomic E-state index is 0.190. The number of carbonyl (C=O) groups is 1. The van der Waals surface area contributed by atoms with Crippen molar-refractivity contribution in [2.24, 2.45) is 7.05 Å². The number of nitrogens with zero attached hydrogens (tertiary/aromatic N) is 3. The van der Waals surface area contributed by atoms with Crippen LogP contribution in [0.3, 0.4) is 0 Å². The minimum Gasteiger partial charge on any atom is -0.489 e. The van der Waals surface area contributed by atoms with Crippen molar-refractivity contribution >= 4 is 45.3 Å². The SMILES string of the molecule is Cn1nccc1-c1csc(NC(=O)c2cc(COc3cccc(Cl)c3)cs2)n1. The monoisotopic (exact) mass is 430 g/mol. The fourth-order valence-electron chi connectivity index (χ4n) is 2.53.